The third-order valence-corrected chi connectivity index (χ3v) is 3.75. The second-order valence-electron chi connectivity index (χ2n) is 5.46. The van der Waals surface area contributed by atoms with Gasteiger partial charge in [0, 0.05) is 10.9 Å². The van der Waals surface area contributed by atoms with Crippen LogP contribution in [0, 0.1) is 6.92 Å². The average molecular weight is 322 g/mol. The van der Waals surface area contributed by atoms with Gasteiger partial charge >= 0.3 is 6.09 Å². The van der Waals surface area contributed by atoms with Gasteiger partial charge < -0.3 is 4.74 Å². The standard InChI is InChI=1S/C19H18N2O3/c1-3-24-19(23)20-21-17(14-10-8-13(2)9-11-14)12-15-6-4-5-7-16(15)18(21)22/h4-12H,3H2,1-2H3,(H,20,23). The summed E-state index contributed by atoms with van der Waals surface area (Å²) in [5.41, 5.74) is 4.79. The van der Waals surface area contributed by atoms with Crippen molar-refractivity contribution in [2.45, 2.75) is 13.8 Å². The molecule has 0 radical (unpaired) electrons. The van der Waals surface area contributed by atoms with Crippen LogP contribution in [0.1, 0.15) is 12.5 Å². The minimum Gasteiger partial charge on any atom is -0.449 e. The highest BCUT2D eigenvalue weighted by Crippen LogP contribution is 2.22. The van der Waals surface area contributed by atoms with E-state index >= 15 is 0 Å². The largest absolute Gasteiger partial charge is 0.449 e. The van der Waals surface area contributed by atoms with Gasteiger partial charge in [-0.2, -0.15) is 0 Å². The van der Waals surface area contributed by atoms with Crippen molar-refractivity contribution in [1.29, 1.82) is 0 Å². The monoisotopic (exact) mass is 322 g/mol. The lowest BCUT2D eigenvalue weighted by Gasteiger charge is -2.15. The summed E-state index contributed by atoms with van der Waals surface area (Å²) in [7, 11) is 0. The molecule has 0 bridgehead atoms. The van der Waals surface area contributed by atoms with Crippen molar-refractivity contribution < 1.29 is 9.53 Å². The third-order valence-electron chi connectivity index (χ3n) is 3.75. The maximum absolute atomic E-state index is 12.8. The Morgan fingerprint density at radius 2 is 1.83 bits per heavy atom. The van der Waals surface area contributed by atoms with Crippen molar-refractivity contribution in [3.05, 3.63) is 70.5 Å². The first-order valence-electron chi connectivity index (χ1n) is 7.76. The number of aryl methyl sites for hydroxylation is 1. The molecule has 24 heavy (non-hydrogen) atoms. The summed E-state index contributed by atoms with van der Waals surface area (Å²) in [6.45, 7) is 3.94. The van der Waals surface area contributed by atoms with Crippen LogP contribution in [0.4, 0.5) is 4.79 Å². The molecule has 5 heteroatoms. The Bertz CT molecular complexity index is 943. The van der Waals surface area contributed by atoms with E-state index in [0.29, 0.717) is 11.1 Å². The number of nitrogens with zero attached hydrogens (tertiary/aromatic N) is 1. The predicted octanol–water partition coefficient (Wildman–Crippen LogP) is 3.68. The summed E-state index contributed by atoms with van der Waals surface area (Å²) in [4.78, 5) is 24.7. The van der Waals surface area contributed by atoms with Crippen LogP contribution < -0.4 is 11.0 Å². The second-order valence-corrected chi connectivity index (χ2v) is 5.46. The van der Waals surface area contributed by atoms with Crippen molar-refractivity contribution in [3.8, 4) is 11.3 Å². The molecule has 0 saturated carbocycles. The summed E-state index contributed by atoms with van der Waals surface area (Å²) in [5, 5.41) is 1.35. The van der Waals surface area contributed by atoms with Crippen LogP contribution in [0.15, 0.2) is 59.4 Å². The maximum atomic E-state index is 12.8. The van der Waals surface area contributed by atoms with E-state index in [1.54, 1.807) is 19.1 Å². The highest BCUT2D eigenvalue weighted by Gasteiger charge is 2.13. The van der Waals surface area contributed by atoms with Crippen LogP contribution >= 0.6 is 0 Å². The molecule has 0 aliphatic rings. The topological polar surface area (TPSA) is 60.3 Å². The maximum Gasteiger partial charge on any atom is 0.426 e. The number of nitrogens with one attached hydrogen (secondary N) is 1. The second kappa shape index (κ2) is 6.58. The van der Waals surface area contributed by atoms with Crippen LogP contribution in [-0.2, 0) is 4.74 Å². The summed E-state index contributed by atoms with van der Waals surface area (Å²) in [6.07, 6.45) is -0.664. The van der Waals surface area contributed by atoms with E-state index < -0.39 is 6.09 Å². The number of hydrogen-bond acceptors (Lipinski definition) is 3. The third kappa shape index (κ3) is 3.01. The molecule has 122 valence electrons. The first-order valence-corrected chi connectivity index (χ1v) is 7.76. The van der Waals surface area contributed by atoms with Crippen LogP contribution in [0.2, 0.25) is 0 Å². The Labute approximate surface area is 139 Å². The van der Waals surface area contributed by atoms with Crippen LogP contribution in [-0.4, -0.2) is 17.4 Å². The number of amides is 1. The number of benzene rings is 2. The van der Waals surface area contributed by atoms with E-state index in [2.05, 4.69) is 5.43 Å². The van der Waals surface area contributed by atoms with Gasteiger partial charge in [0.15, 0.2) is 0 Å². The van der Waals surface area contributed by atoms with Gasteiger partial charge in [-0.1, -0.05) is 48.0 Å². The van der Waals surface area contributed by atoms with E-state index in [1.807, 2.05) is 49.4 Å². The number of rotatable bonds is 3. The number of carbonyl (C=O) groups is 1. The molecule has 2 aromatic carbocycles. The molecule has 1 aromatic heterocycles. The summed E-state index contributed by atoms with van der Waals surface area (Å²) in [6, 6.07) is 16.9. The summed E-state index contributed by atoms with van der Waals surface area (Å²) >= 11 is 0. The molecule has 1 N–H and O–H groups in total. The fourth-order valence-corrected chi connectivity index (χ4v) is 2.56. The number of carbonyl (C=O) groups excluding carboxylic acids is 1. The lowest BCUT2D eigenvalue weighted by Crippen LogP contribution is -2.34. The zero-order valence-electron chi connectivity index (χ0n) is 13.6. The number of ether oxygens (including phenoxy) is 1. The average Bonchev–Trinajstić information content (AvgIpc) is 2.58. The molecule has 0 atom stereocenters. The zero-order valence-corrected chi connectivity index (χ0v) is 13.6. The van der Waals surface area contributed by atoms with E-state index in [0.717, 1.165) is 16.5 Å². The molecule has 0 fully saturated rings. The van der Waals surface area contributed by atoms with Crippen molar-refractivity contribution in [2.75, 3.05) is 12.0 Å². The number of aromatic nitrogens is 1. The number of hydrogen-bond donors (Lipinski definition) is 1. The van der Waals surface area contributed by atoms with Crippen LogP contribution in [0.25, 0.3) is 22.0 Å². The van der Waals surface area contributed by atoms with E-state index in [4.69, 9.17) is 4.74 Å². The van der Waals surface area contributed by atoms with Gasteiger partial charge in [0.05, 0.1) is 12.3 Å². The normalized spacial score (nSPS) is 10.6. The molecule has 3 rings (SSSR count). The Morgan fingerprint density at radius 1 is 1.12 bits per heavy atom. The smallest absolute Gasteiger partial charge is 0.426 e. The molecule has 5 nitrogen and oxygen atoms in total. The minimum absolute atomic E-state index is 0.230. The molecule has 1 heterocycles. The first kappa shape index (κ1) is 15.8. The van der Waals surface area contributed by atoms with Gasteiger partial charge in [-0.15, -0.1) is 0 Å². The van der Waals surface area contributed by atoms with E-state index in [-0.39, 0.29) is 12.2 Å². The van der Waals surface area contributed by atoms with Gasteiger partial charge in [-0.3, -0.25) is 4.79 Å². The Kier molecular flexibility index (Phi) is 4.33. The van der Waals surface area contributed by atoms with Gasteiger partial charge in [0.2, 0.25) is 0 Å². The Morgan fingerprint density at radius 3 is 2.54 bits per heavy atom. The van der Waals surface area contributed by atoms with Gasteiger partial charge in [-0.05, 0) is 31.4 Å². The molecule has 0 spiro atoms. The molecule has 1 amide bonds. The molecular formula is C19H18N2O3. The zero-order chi connectivity index (χ0) is 17.1. The predicted molar refractivity (Wildman–Crippen MR) is 94.8 cm³/mol. The van der Waals surface area contributed by atoms with Crippen molar-refractivity contribution in [3.63, 3.8) is 0 Å². The quantitative estimate of drug-likeness (QED) is 0.800. The summed E-state index contributed by atoms with van der Waals surface area (Å²) < 4.78 is 6.15. The van der Waals surface area contributed by atoms with Crippen LogP contribution in [0.5, 0.6) is 0 Å². The lowest BCUT2D eigenvalue weighted by molar-refractivity contribution is 0.164. The summed E-state index contributed by atoms with van der Waals surface area (Å²) in [5.74, 6) is 0. The first-order chi connectivity index (χ1) is 11.6. The fourth-order valence-electron chi connectivity index (χ4n) is 2.56. The highest BCUT2D eigenvalue weighted by molar-refractivity contribution is 5.87. The molecule has 0 unspecified atom stereocenters. The molecule has 0 aliphatic heterocycles. The number of pyridine rings is 1. The minimum atomic E-state index is -0.664. The van der Waals surface area contributed by atoms with E-state index in [9.17, 15) is 9.59 Å². The van der Waals surface area contributed by atoms with Gasteiger partial charge in [-0.25, -0.2) is 14.9 Å². The van der Waals surface area contributed by atoms with Crippen molar-refractivity contribution in [2.24, 2.45) is 0 Å². The van der Waals surface area contributed by atoms with Crippen molar-refractivity contribution >= 4 is 16.9 Å². The molecule has 0 aliphatic carbocycles. The molecule has 3 aromatic rings. The van der Waals surface area contributed by atoms with Gasteiger partial charge in [0.1, 0.15) is 0 Å². The van der Waals surface area contributed by atoms with Crippen molar-refractivity contribution in [1.82, 2.24) is 4.68 Å². The Balaban J connectivity index is 2.23. The SMILES string of the molecule is CCOC(=O)Nn1c(-c2ccc(C)cc2)cc2ccccc2c1=O. The molecular weight excluding hydrogens is 304 g/mol. The highest BCUT2D eigenvalue weighted by atomic mass is 16.6. The van der Waals surface area contributed by atoms with Gasteiger partial charge in [0.25, 0.3) is 5.56 Å². The van der Waals surface area contributed by atoms with Crippen LogP contribution in [0.3, 0.4) is 0 Å². The van der Waals surface area contributed by atoms with E-state index in [1.165, 1.54) is 4.68 Å². The Hall–Kier alpha value is -3.08. The molecule has 0 saturated heterocycles. The number of fused-ring (bicyclic) bond motifs is 1. The fraction of sp³-hybridized carbons (Fsp3) is 0.158. The lowest BCUT2D eigenvalue weighted by atomic mass is 10.1.